The highest BCUT2D eigenvalue weighted by Gasteiger charge is 2.12. The average molecular weight is 515 g/mol. The first-order chi connectivity index (χ1) is 18.3. The minimum absolute atomic E-state index is 0.228. The lowest BCUT2D eigenvalue weighted by Gasteiger charge is -2.10. The van der Waals surface area contributed by atoms with Gasteiger partial charge in [-0.2, -0.15) is 10.5 Å². The van der Waals surface area contributed by atoms with Crippen molar-refractivity contribution in [2.45, 2.75) is 26.7 Å². The van der Waals surface area contributed by atoms with E-state index in [1.807, 2.05) is 0 Å². The standard InChI is InChI=1S/C30H30N2O6/c1-21(2)29(33)37-17-5-15-35-25-11-7-23(8-12-25)27(19-31)28(20-32)24-9-13-26(14-10-24)36-16-6-18-38-30(34)22(3)4/h7-14H,1,3,5-6,15-18H2,2,4H3. The Balaban J connectivity index is 1.96. The third-order valence-electron chi connectivity index (χ3n) is 5.04. The molecule has 196 valence electrons. The summed E-state index contributed by atoms with van der Waals surface area (Å²) in [6, 6.07) is 18.0. The lowest BCUT2D eigenvalue weighted by molar-refractivity contribution is -0.140. The first kappa shape index (κ1) is 29.4. The molecule has 0 heterocycles. The van der Waals surface area contributed by atoms with Crippen LogP contribution in [0.4, 0.5) is 0 Å². The van der Waals surface area contributed by atoms with Gasteiger partial charge in [0.2, 0.25) is 0 Å². The van der Waals surface area contributed by atoms with Gasteiger partial charge >= 0.3 is 11.9 Å². The molecule has 0 aliphatic heterocycles. The van der Waals surface area contributed by atoms with Crippen molar-refractivity contribution < 1.29 is 28.5 Å². The van der Waals surface area contributed by atoms with E-state index in [4.69, 9.17) is 18.9 Å². The van der Waals surface area contributed by atoms with Gasteiger partial charge < -0.3 is 18.9 Å². The monoisotopic (exact) mass is 514 g/mol. The van der Waals surface area contributed by atoms with Crippen LogP contribution in [0.3, 0.4) is 0 Å². The number of carbonyl (C=O) groups excluding carboxylic acids is 2. The summed E-state index contributed by atoms with van der Waals surface area (Å²) in [5.41, 5.74) is 2.32. The second-order valence-corrected chi connectivity index (χ2v) is 8.26. The van der Waals surface area contributed by atoms with E-state index < -0.39 is 11.9 Å². The minimum Gasteiger partial charge on any atom is -0.493 e. The number of nitriles is 2. The first-order valence-electron chi connectivity index (χ1n) is 11.9. The fourth-order valence-corrected chi connectivity index (χ4v) is 3.04. The Morgan fingerprint density at radius 1 is 0.658 bits per heavy atom. The summed E-state index contributed by atoms with van der Waals surface area (Å²) in [6.07, 6.45) is 1.04. The largest absolute Gasteiger partial charge is 0.493 e. The van der Waals surface area contributed by atoms with Crippen molar-refractivity contribution >= 4 is 23.1 Å². The van der Waals surface area contributed by atoms with E-state index in [1.54, 1.807) is 62.4 Å². The maximum atomic E-state index is 11.4. The van der Waals surface area contributed by atoms with Crippen LogP contribution < -0.4 is 9.47 Å². The van der Waals surface area contributed by atoms with E-state index >= 15 is 0 Å². The van der Waals surface area contributed by atoms with Crippen LogP contribution in [-0.4, -0.2) is 38.4 Å². The normalized spacial score (nSPS) is 10.7. The Morgan fingerprint density at radius 2 is 1.00 bits per heavy atom. The van der Waals surface area contributed by atoms with Crippen molar-refractivity contribution in [1.29, 1.82) is 10.5 Å². The smallest absolute Gasteiger partial charge is 0.333 e. The van der Waals surface area contributed by atoms with Crippen LogP contribution in [0.25, 0.3) is 11.1 Å². The summed E-state index contributed by atoms with van der Waals surface area (Å²) < 4.78 is 21.3. The molecule has 0 radical (unpaired) electrons. The Kier molecular flexibility index (Phi) is 11.9. The van der Waals surface area contributed by atoms with Gasteiger partial charge in [0, 0.05) is 24.0 Å². The molecule has 0 spiro atoms. The summed E-state index contributed by atoms with van der Waals surface area (Å²) >= 11 is 0. The quantitative estimate of drug-likeness (QED) is 0.108. The van der Waals surface area contributed by atoms with Gasteiger partial charge in [0.25, 0.3) is 0 Å². The van der Waals surface area contributed by atoms with E-state index in [9.17, 15) is 20.1 Å². The zero-order chi connectivity index (χ0) is 27.9. The molecule has 0 saturated heterocycles. The van der Waals surface area contributed by atoms with Crippen LogP contribution in [0.5, 0.6) is 11.5 Å². The number of allylic oxidation sites excluding steroid dienone is 2. The number of ether oxygens (including phenoxy) is 4. The van der Waals surface area contributed by atoms with Crippen LogP contribution in [0.1, 0.15) is 37.8 Å². The van der Waals surface area contributed by atoms with E-state index in [1.165, 1.54) is 0 Å². The molecule has 2 aromatic carbocycles. The summed E-state index contributed by atoms with van der Waals surface area (Å²) in [7, 11) is 0. The number of hydrogen-bond donors (Lipinski definition) is 0. The number of esters is 2. The number of hydrogen-bond acceptors (Lipinski definition) is 8. The molecule has 38 heavy (non-hydrogen) atoms. The van der Waals surface area contributed by atoms with Crippen molar-refractivity contribution in [3.8, 4) is 23.6 Å². The molecule has 0 amide bonds. The van der Waals surface area contributed by atoms with E-state index in [-0.39, 0.29) is 24.4 Å². The van der Waals surface area contributed by atoms with Crippen molar-refractivity contribution in [3.63, 3.8) is 0 Å². The van der Waals surface area contributed by atoms with Gasteiger partial charge in [0.15, 0.2) is 0 Å². The highest BCUT2D eigenvalue weighted by atomic mass is 16.5. The lowest BCUT2D eigenvalue weighted by Crippen LogP contribution is -2.09. The highest BCUT2D eigenvalue weighted by molar-refractivity contribution is 6.02. The molecule has 0 atom stereocenters. The number of nitrogens with zero attached hydrogens (tertiary/aromatic N) is 2. The average Bonchev–Trinajstić information content (AvgIpc) is 2.91. The third kappa shape index (κ3) is 9.33. The molecule has 0 saturated carbocycles. The molecule has 0 fully saturated rings. The molecule has 2 rings (SSSR count). The predicted octanol–water partition coefficient (Wildman–Crippen LogP) is 5.42. The van der Waals surface area contributed by atoms with Gasteiger partial charge in [-0.15, -0.1) is 0 Å². The summed E-state index contributed by atoms with van der Waals surface area (Å²) in [5.74, 6) is 0.317. The Labute approximate surface area is 223 Å². The fraction of sp³-hybridized carbons (Fsp3) is 0.267. The molecule has 0 aromatic heterocycles. The number of carbonyl (C=O) groups is 2. The van der Waals surface area contributed by atoms with Crippen LogP contribution >= 0.6 is 0 Å². The van der Waals surface area contributed by atoms with Gasteiger partial charge in [-0.3, -0.25) is 0 Å². The zero-order valence-corrected chi connectivity index (χ0v) is 21.6. The molecule has 0 N–H and O–H groups in total. The van der Waals surface area contributed by atoms with Crippen molar-refractivity contribution in [2.24, 2.45) is 0 Å². The minimum atomic E-state index is -0.431. The molecule has 0 unspecified atom stereocenters. The lowest BCUT2D eigenvalue weighted by atomic mass is 9.96. The number of rotatable bonds is 14. The SMILES string of the molecule is C=C(C)C(=O)OCCCOc1ccc(C(C#N)=C(C#N)c2ccc(OCCCOC(=O)C(=C)C)cc2)cc1. The second kappa shape index (κ2) is 15.3. The highest BCUT2D eigenvalue weighted by Crippen LogP contribution is 2.28. The molecular formula is C30H30N2O6. The first-order valence-corrected chi connectivity index (χ1v) is 11.9. The van der Waals surface area contributed by atoms with Crippen LogP contribution in [0, 0.1) is 22.7 Å². The molecule has 0 aliphatic rings. The van der Waals surface area contributed by atoms with Crippen molar-refractivity contribution in [1.82, 2.24) is 0 Å². The van der Waals surface area contributed by atoms with Crippen molar-refractivity contribution in [3.05, 3.63) is 84.0 Å². The topological polar surface area (TPSA) is 119 Å². The Bertz CT molecular complexity index is 1160. The van der Waals surface area contributed by atoms with E-state index in [2.05, 4.69) is 25.3 Å². The van der Waals surface area contributed by atoms with Crippen LogP contribution in [0.2, 0.25) is 0 Å². The van der Waals surface area contributed by atoms with Crippen molar-refractivity contribution in [2.75, 3.05) is 26.4 Å². The molecule has 0 bridgehead atoms. The van der Waals surface area contributed by atoms with Gasteiger partial charge in [-0.25, -0.2) is 9.59 Å². The van der Waals surface area contributed by atoms with Crippen LogP contribution in [-0.2, 0) is 19.1 Å². The Hall–Kier alpha value is -4.82. The van der Waals surface area contributed by atoms with Gasteiger partial charge in [0.1, 0.15) is 23.6 Å². The van der Waals surface area contributed by atoms with Gasteiger partial charge in [-0.1, -0.05) is 13.2 Å². The van der Waals surface area contributed by atoms with E-state index in [0.717, 1.165) is 0 Å². The zero-order valence-electron chi connectivity index (χ0n) is 21.6. The van der Waals surface area contributed by atoms with Gasteiger partial charge in [-0.05, 0) is 73.5 Å². The summed E-state index contributed by atoms with van der Waals surface area (Å²) in [5, 5.41) is 19.6. The second-order valence-electron chi connectivity index (χ2n) is 8.26. The maximum Gasteiger partial charge on any atom is 0.333 e. The third-order valence-corrected chi connectivity index (χ3v) is 5.04. The molecular weight excluding hydrogens is 484 g/mol. The van der Waals surface area contributed by atoms with Gasteiger partial charge in [0.05, 0.1) is 37.6 Å². The fourth-order valence-electron chi connectivity index (χ4n) is 3.04. The molecule has 0 aliphatic carbocycles. The van der Waals surface area contributed by atoms with Crippen LogP contribution in [0.15, 0.2) is 72.8 Å². The maximum absolute atomic E-state index is 11.4. The molecule has 8 nitrogen and oxygen atoms in total. The summed E-state index contributed by atoms with van der Waals surface area (Å²) in [4.78, 5) is 22.7. The number of benzene rings is 2. The predicted molar refractivity (Wildman–Crippen MR) is 143 cm³/mol. The molecule has 8 heteroatoms. The van der Waals surface area contributed by atoms with E-state index in [0.29, 0.717) is 59.8 Å². The summed E-state index contributed by atoms with van der Waals surface area (Å²) in [6.45, 7) is 11.4. The molecule has 2 aromatic rings. The Morgan fingerprint density at radius 3 is 1.29 bits per heavy atom.